The minimum absolute atomic E-state index is 0.0521. The first-order chi connectivity index (χ1) is 11.1. The van der Waals surface area contributed by atoms with E-state index in [1.165, 1.54) is 0 Å². The first kappa shape index (κ1) is 15.0. The highest BCUT2D eigenvalue weighted by Gasteiger charge is 2.19. The third kappa shape index (κ3) is 3.01. The number of carbonyl (C=O) groups excluding carboxylic acids is 1. The highest BCUT2D eigenvalue weighted by atomic mass is 16.2. The Labute approximate surface area is 136 Å². The van der Waals surface area contributed by atoms with Gasteiger partial charge in [0.2, 0.25) is 0 Å². The summed E-state index contributed by atoms with van der Waals surface area (Å²) < 4.78 is 1.76. The minimum atomic E-state index is -0.0521. The quantitative estimate of drug-likeness (QED) is 0.742. The van der Waals surface area contributed by atoms with Crippen LogP contribution in [0.25, 0.3) is 16.9 Å². The number of hydrogen-bond acceptors (Lipinski definition) is 2. The average molecular weight is 305 g/mol. The smallest absolute Gasteiger partial charge is 0.257 e. The van der Waals surface area contributed by atoms with E-state index in [-0.39, 0.29) is 5.91 Å². The van der Waals surface area contributed by atoms with E-state index in [0.717, 1.165) is 16.8 Å². The number of amides is 1. The summed E-state index contributed by atoms with van der Waals surface area (Å²) in [5.74, 6) is -0.0521. The van der Waals surface area contributed by atoms with Crippen LogP contribution in [0.5, 0.6) is 0 Å². The SMILES string of the molecule is Cc1cccc(-c2nn(-c3ccccc3)cc2C(=O)N(C)C)c1. The molecule has 3 rings (SSSR count). The van der Waals surface area contributed by atoms with Crippen LogP contribution in [0.3, 0.4) is 0 Å². The standard InChI is InChI=1S/C19H19N3O/c1-14-8-7-9-15(12-14)18-17(19(23)21(2)3)13-22(20-18)16-10-5-4-6-11-16/h4-13H,1-3H3. The Bertz CT molecular complexity index is 835. The fraction of sp³-hybridized carbons (Fsp3) is 0.158. The van der Waals surface area contributed by atoms with Crippen LogP contribution in [0.4, 0.5) is 0 Å². The fourth-order valence-corrected chi connectivity index (χ4v) is 2.49. The molecule has 0 aliphatic rings. The van der Waals surface area contributed by atoms with Gasteiger partial charge in [0.05, 0.1) is 11.3 Å². The summed E-state index contributed by atoms with van der Waals surface area (Å²) in [7, 11) is 3.50. The minimum Gasteiger partial charge on any atom is -0.345 e. The zero-order valence-electron chi connectivity index (χ0n) is 13.5. The second kappa shape index (κ2) is 6.08. The van der Waals surface area contributed by atoms with E-state index in [4.69, 9.17) is 0 Å². The molecule has 4 nitrogen and oxygen atoms in total. The first-order valence-electron chi connectivity index (χ1n) is 7.50. The number of aryl methyl sites for hydroxylation is 1. The van der Waals surface area contributed by atoms with Gasteiger partial charge in [-0.15, -0.1) is 0 Å². The lowest BCUT2D eigenvalue weighted by Crippen LogP contribution is -2.21. The summed E-state index contributed by atoms with van der Waals surface area (Å²) in [5, 5.41) is 4.66. The second-order valence-electron chi connectivity index (χ2n) is 5.74. The van der Waals surface area contributed by atoms with E-state index >= 15 is 0 Å². The predicted molar refractivity (Wildman–Crippen MR) is 91.8 cm³/mol. The van der Waals surface area contributed by atoms with Gasteiger partial charge in [0, 0.05) is 25.9 Å². The van der Waals surface area contributed by atoms with Crippen molar-refractivity contribution < 1.29 is 4.79 Å². The van der Waals surface area contributed by atoms with Gasteiger partial charge in [-0.1, -0.05) is 42.0 Å². The number of aromatic nitrogens is 2. The maximum atomic E-state index is 12.5. The van der Waals surface area contributed by atoms with Crippen LogP contribution < -0.4 is 0 Å². The van der Waals surface area contributed by atoms with Gasteiger partial charge in [-0.3, -0.25) is 4.79 Å². The second-order valence-corrected chi connectivity index (χ2v) is 5.74. The van der Waals surface area contributed by atoms with Crippen LogP contribution in [-0.4, -0.2) is 34.7 Å². The van der Waals surface area contributed by atoms with Crippen molar-refractivity contribution in [2.24, 2.45) is 0 Å². The van der Waals surface area contributed by atoms with Crippen LogP contribution in [0, 0.1) is 6.92 Å². The Morgan fingerprint density at radius 2 is 1.78 bits per heavy atom. The zero-order valence-corrected chi connectivity index (χ0v) is 13.5. The van der Waals surface area contributed by atoms with E-state index in [0.29, 0.717) is 11.3 Å². The Hall–Kier alpha value is -2.88. The molecule has 3 aromatic rings. The summed E-state index contributed by atoms with van der Waals surface area (Å²) in [6.45, 7) is 2.03. The molecule has 0 saturated carbocycles. The molecule has 0 bridgehead atoms. The van der Waals surface area contributed by atoms with Crippen molar-refractivity contribution in [1.29, 1.82) is 0 Å². The number of rotatable bonds is 3. The maximum Gasteiger partial charge on any atom is 0.257 e. The van der Waals surface area contributed by atoms with E-state index in [1.54, 1.807) is 29.9 Å². The lowest BCUT2D eigenvalue weighted by molar-refractivity contribution is 0.0828. The molecule has 4 heteroatoms. The van der Waals surface area contributed by atoms with Crippen molar-refractivity contribution in [3.63, 3.8) is 0 Å². The molecule has 0 spiro atoms. The van der Waals surface area contributed by atoms with Crippen molar-refractivity contribution in [3.05, 3.63) is 71.9 Å². The third-order valence-corrected chi connectivity index (χ3v) is 3.66. The Balaban J connectivity index is 2.17. The number of nitrogens with zero attached hydrogens (tertiary/aromatic N) is 3. The molecule has 1 heterocycles. The molecular weight excluding hydrogens is 286 g/mol. The van der Waals surface area contributed by atoms with Gasteiger partial charge in [-0.25, -0.2) is 4.68 Å². The summed E-state index contributed by atoms with van der Waals surface area (Å²) in [4.78, 5) is 14.1. The lowest BCUT2D eigenvalue weighted by Gasteiger charge is -2.09. The number of carbonyl (C=O) groups is 1. The van der Waals surface area contributed by atoms with Crippen molar-refractivity contribution in [2.75, 3.05) is 14.1 Å². The summed E-state index contributed by atoms with van der Waals surface area (Å²) >= 11 is 0. The number of benzene rings is 2. The number of hydrogen-bond donors (Lipinski definition) is 0. The molecule has 0 saturated heterocycles. The molecule has 0 radical (unpaired) electrons. The molecule has 0 fully saturated rings. The van der Waals surface area contributed by atoms with E-state index in [9.17, 15) is 4.79 Å². The molecule has 0 atom stereocenters. The van der Waals surface area contributed by atoms with Crippen LogP contribution in [0.15, 0.2) is 60.8 Å². The summed E-state index contributed by atoms with van der Waals surface area (Å²) in [6, 6.07) is 17.9. The maximum absolute atomic E-state index is 12.5. The molecule has 0 aliphatic carbocycles. The molecule has 116 valence electrons. The van der Waals surface area contributed by atoms with Gasteiger partial charge >= 0.3 is 0 Å². The highest BCUT2D eigenvalue weighted by Crippen LogP contribution is 2.25. The Morgan fingerprint density at radius 3 is 2.43 bits per heavy atom. The lowest BCUT2D eigenvalue weighted by atomic mass is 10.1. The topological polar surface area (TPSA) is 38.1 Å². The molecule has 23 heavy (non-hydrogen) atoms. The van der Waals surface area contributed by atoms with Crippen molar-refractivity contribution >= 4 is 5.91 Å². The molecule has 0 N–H and O–H groups in total. The molecule has 0 aliphatic heterocycles. The Kier molecular flexibility index (Phi) is 3.98. The predicted octanol–water partition coefficient (Wildman–Crippen LogP) is 3.55. The van der Waals surface area contributed by atoms with Gasteiger partial charge in [-0.05, 0) is 25.1 Å². The van der Waals surface area contributed by atoms with Gasteiger partial charge in [0.15, 0.2) is 0 Å². The van der Waals surface area contributed by atoms with Crippen molar-refractivity contribution in [2.45, 2.75) is 6.92 Å². The van der Waals surface area contributed by atoms with E-state index in [2.05, 4.69) is 5.10 Å². The van der Waals surface area contributed by atoms with Gasteiger partial charge in [0.1, 0.15) is 5.69 Å². The van der Waals surface area contributed by atoms with E-state index in [1.807, 2.05) is 61.5 Å². The normalized spacial score (nSPS) is 10.6. The average Bonchev–Trinajstić information content (AvgIpc) is 3.00. The van der Waals surface area contributed by atoms with Gasteiger partial charge in [-0.2, -0.15) is 5.10 Å². The highest BCUT2D eigenvalue weighted by molar-refractivity contribution is 5.99. The molecule has 2 aromatic carbocycles. The van der Waals surface area contributed by atoms with Gasteiger partial charge < -0.3 is 4.90 Å². The van der Waals surface area contributed by atoms with E-state index < -0.39 is 0 Å². The van der Waals surface area contributed by atoms with Crippen LogP contribution in [0.2, 0.25) is 0 Å². The van der Waals surface area contributed by atoms with Gasteiger partial charge in [0.25, 0.3) is 5.91 Å². The summed E-state index contributed by atoms with van der Waals surface area (Å²) in [6.07, 6.45) is 1.80. The third-order valence-electron chi connectivity index (χ3n) is 3.66. The Morgan fingerprint density at radius 1 is 1.04 bits per heavy atom. The zero-order chi connectivity index (χ0) is 16.4. The molecular formula is C19H19N3O. The van der Waals surface area contributed by atoms with Crippen molar-refractivity contribution in [3.8, 4) is 16.9 Å². The van der Waals surface area contributed by atoms with Crippen LogP contribution >= 0.6 is 0 Å². The number of para-hydroxylation sites is 1. The largest absolute Gasteiger partial charge is 0.345 e. The fourth-order valence-electron chi connectivity index (χ4n) is 2.49. The molecule has 1 aromatic heterocycles. The first-order valence-corrected chi connectivity index (χ1v) is 7.50. The van der Waals surface area contributed by atoms with Crippen LogP contribution in [0.1, 0.15) is 15.9 Å². The van der Waals surface area contributed by atoms with Crippen molar-refractivity contribution in [1.82, 2.24) is 14.7 Å². The monoisotopic (exact) mass is 305 g/mol. The van der Waals surface area contributed by atoms with Crippen LogP contribution in [-0.2, 0) is 0 Å². The molecule has 1 amide bonds. The molecule has 0 unspecified atom stereocenters. The summed E-state index contributed by atoms with van der Waals surface area (Å²) in [5.41, 5.74) is 4.32.